The average Bonchev–Trinajstić information content (AvgIpc) is 2.99. The van der Waals surface area contributed by atoms with Crippen molar-refractivity contribution in [2.45, 2.75) is 50.6 Å². The molecule has 92 valence electrons. The number of nitrogens with two attached hydrogens (primary N) is 1. The lowest BCUT2D eigenvalue weighted by atomic mass is 9.93. The zero-order chi connectivity index (χ0) is 11.6. The van der Waals surface area contributed by atoms with Gasteiger partial charge < -0.3 is 11.1 Å². The van der Waals surface area contributed by atoms with Crippen LogP contribution in [0.1, 0.15) is 39.0 Å². The minimum Gasteiger partial charge on any atom is -0.370 e. The molecule has 0 aromatic carbocycles. The molecule has 0 aromatic rings. The number of nitrogens with one attached hydrogen (secondary N) is 1. The number of hydrogen-bond acceptors (Lipinski definition) is 3. The molecule has 1 amide bonds. The predicted octanol–water partition coefficient (Wildman–Crippen LogP) is 0.468. The van der Waals surface area contributed by atoms with Gasteiger partial charge in [-0.15, -0.1) is 0 Å². The van der Waals surface area contributed by atoms with Gasteiger partial charge in [0.15, 0.2) is 0 Å². The molecule has 0 bridgehead atoms. The highest BCUT2D eigenvalue weighted by atomic mass is 16.1. The summed E-state index contributed by atoms with van der Waals surface area (Å²) in [5.41, 5.74) is 5.33. The molecule has 1 unspecified atom stereocenters. The van der Waals surface area contributed by atoms with E-state index in [2.05, 4.69) is 17.1 Å². The van der Waals surface area contributed by atoms with Crippen molar-refractivity contribution in [3.8, 4) is 0 Å². The molecule has 2 aliphatic rings. The number of rotatable bonds is 6. The fourth-order valence-corrected chi connectivity index (χ4v) is 2.73. The molecule has 1 saturated heterocycles. The van der Waals surface area contributed by atoms with Gasteiger partial charge in [-0.05, 0) is 32.2 Å². The van der Waals surface area contributed by atoms with Crippen LogP contribution in [0.25, 0.3) is 0 Å². The molecule has 2 rings (SSSR count). The summed E-state index contributed by atoms with van der Waals surface area (Å²) in [4.78, 5) is 13.7. The highest BCUT2D eigenvalue weighted by Gasteiger charge is 2.43. The topological polar surface area (TPSA) is 58.4 Å². The number of likely N-dealkylation sites (tertiary alicyclic amines) is 1. The first-order chi connectivity index (χ1) is 7.65. The van der Waals surface area contributed by atoms with E-state index in [-0.39, 0.29) is 11.4 Å². The molecule has 4 heteroatoms. The fourth-order valence-electron chi connectivity index (χ4n) is 2.73. The monoisotopic (exact) mass is 225 g/mol. The number of primary amides is 1. The van der Waals surface area contributed by atoms with Crippen LogP contribution < -0.4 is 11.1 Å². The maximum absolute atomic E-state index is 11.2. The molecule has 1 aliphatic carbocycles. The van der Waals surface area contributed by atoms with Gasteiger partial charge in [0.05, 0.1) is 0 Å². The average molecular weight is 225 g/mol. The maximum atomic E-state index is 11.2. The van der Waals surface area contributed by atoms with Gasteiger partial charge in [-0.25, -0.2) is 0 Å². The lowest BCUT2D eigenvalue weighted by molar-refractivity contribution is -0.119. The number of hydrogen-bond donors (Lipinski definition) is 2. The van der Waals surface area contributed by atoms with Crippen LogP contribution in [0.3, 0.4) is 0 Å². The summed E-state index contributed by atoms with van der Waals surface area (Å²) in [6.07, 6.45) is 5.31. The number of amides is 1. The van der Waals surface area contributed by atoms with Crippen molar-refractivity contribution in [3.05, 3.63) is 0 Å². The van der Waals surface area contributed by atoms with E-state index in [1.54, 1.807) is 0 Å². The summed E-state index contributed by atoms with van der Waals surface area (Å²) in [5.74, 6) is -0.179. The third-order valence-electron chi connectivity index (χ3n) is 3.71. The quantitative estimate of drug-likeness (QED) is 0.691. The second kappa shape index (κ2) is 4.72. The molecular weight excluding hydrogens is 202 g/mol. The third kappa shape index (κ3) is 2.74. The first kappa shape index (κ1) is 11.9. The number of nitrogens with zero attached hydrogens (tertiary/aromatic N) is 1. The molecular formula is C12H23N3O. The Labute approximate surface area is 97.6 Å². The maximum Gasteiger partial charge on any atom is 0.219 e. The van der Waals surface area contributed by atoms with Gasteiger partial charge in [0, 0.05) is 31.1 Å². The van der Waals surface area contributed by atoms with Crippen LogP contribution >= 0.6 is 0 Å². The first-order valence-electron chi connectivity index (χ1n) is 6.42. The van der Waals surface area contributed by atoms with Crippen molar-refractivity contribution in [1.29, 1.82) is 0 Å². The van der Waals surface area contributed by atoms with E-state index in [1.807, 2.05) is 0 Å². The molecule has 1 atom stereocenters. The highest BCUT2D eigenvalue weighted by Crippen LogP contribution is 2.34. The second-order valence-electron chi connectivity index (χ2n) is 5.30. The van der Waals surface area contributed by atoms with Crippen LogP contribution in [0.4, 0.5) is 0 Å². The Hall–Kier alpha value is -0.610. The Balaban J connectivity index is 1.94. The van der Waals surface area contributed by atoms with Gasteiger partial charge >= 0.3 is 0 Å². The van der Waals surface area contributed by atoms with Crippen LogP contribution in [0, 0.1) is 0 Å². The molecule has 1 aliphatic heterocycles. The molecule has 4 nitrogen and oxygen atoms in total. The van der Waals surface area contributed by atoms with E-state index in [0.717, 1.165) is 38.5 Å². The lowest BCUT2D eigenvalue weighted by Gasteiger charge is -2.29. The SMILES string of the molecule is CCCNC1(CC(N)=O)CCN(C2CC2)C1. The van der Waals surface area contributed by atoms with Gasteiger partial charge in [-0.1, -0.05) is 6.92 Å². The Bertz CT molecular complexity index is 265. The Kier molecular flexibility index (Phi) is 3.50. The molecule has 16 heavy (non-hydrogen) atoms. The van der Waals surface area contributed by atoms with Crippen molar-refractivity contribution >= 4 is 5.91 Å². The summed E-state index contributed by atoms with van der Waals surface area (Å²) in [6, 6.07) is 0.790. The molecule has 3 N–H and O–H groups in total. The van der Waals surface area contributed by atoms with Gasteiger partial charge in [0.25, 0.3) is 0 Å². The summed E-state index contributed by atoms with van der Waals surface area (Å²) < 4.78 is 0. The molecule has 0 radical (unpaired) electrons. The third-order valence-corrected chi connectivity index (χ3v) is 3.71. The number of carbonyl (C=O) groups is 1. The van der Waals surface area contributed by atoms with Crippen molar-refractivity contribution in [3.63, 3.8) is 0 Å². The van der Waals surface area contributed by atoms with Gasteiger partial charge in [0.2, 0.25) is 5.91 Å². The summed E-state index contributed by atoms with van der Waals surface area (Å²) >= 11 is 0. The van der Waals surface area contributed by atoms with Crippen LogP contribution in [0.2, 0.25) is 0 Å². The van der Waals surface area contributed by atoms with Crippen LogP contribution in [-0.4, -0.2) is 42.0 Å². The van der Waals surface area contributed by atoms with Crippen molar-refractivity contribution in [1.82, 2.24) is 10.2 Å². The van der Waals surface area contributed by atoms with Gasteiger partial charge in [-0.2, -0.15) is 0 Å². The Morgan fingerprint density at radius 1 is 1.56 bits per heavy atom. The van der Waals surface area contributed by atoms with E-state index >= 15 is 0 Å². The van der Waals surface area contributed by atoms with E-state index in [1.165, 1.54) is 12.8 Å². The molecule has 0 aromatic heterocycles. The molecule has 2 fully saturated rings. The van der Waals surface area contributed by atoms with E-state index in [4.69, 9.17) is 5.73 Å². The first-order valence-corrected chi connectivity index (χ1v) is 6.42. The standard InChI is InChI=1S/C12H23N3O/c1-2-6-14-12(8-11(13)16)5-7-15(9-12)10-3-4-10/h10,14H,2-9H2,1H3,(H2,13,16). The second-order valence-corrected chi connectivity index (χ2v) is 5.30. The Morgan fingerprint density at radius 2 is 2.31 bits per heavy atom. The zero-order valence-corrected chi connectivity index (χ0v) is 10.2. The molecule has 0 spiro atoms. The van der Waals surface area contributed by atoms with Gasteiger partial charge in [0.1, 0.15) is 0 Å². The minimum absolute atomic E-state index is 0.0373. The highest BCUT2D eigenvalue weighted by molar-refractivity contribution is 5.75. The van der Waals surface area contributed by atoms with E-state index < -0.39 is 0 Å². The largest absolute Gasteiger partial charge is 0.370 e. The lowest BCUT2D eigenvalue weighted by Crippen LogP contribution is -2.50. The Morgan fingerprint density at radius 3 is 2.88 bits per heavy atom. The van der Waals surface area contributed by atoms with Crippen LogP contribution in [0.15, 0.2) is 0 Å². The van der Waals surface area contributed by atoms with Gasteiger partial charge in [-0.3, -0.25) is 9.69 Å². The van der Waals surface area contributed by atoms with E-state index in [0.29, 0.717) is 6.42 Å². The van der Waals surface area contributed by atoms with Crippen molar-refractivity contribution < 1.29 is 4.79 Å². The van der Waals surface area contributed by atoms with Crippen LogP contribution in [0.5, 0.6) is 0 Å². The number of carbonyl (C=O) groups excluding carboxylic acids is 1. The summed E-state index contributed by atoms with van der Waals surface area (Å²) in [5, 5.41) is 3.55. The normalized spacial score (nSPS) is 30.8. The van der Waals surface area contributed by atoms with Crippen molar-refractivity contribution in [2.75, 3.05) is 19.6 Å². The van der Waals surface area contributed by atoms with Crippen molar-refractivity contribution in [2.24, 2.45) is 5.73 Å². The molecule has 1 saturated carbocycles. The summed E-state index contributed by atoms with van der Waals surface area (Å²) in [7, 11) is 0. The molecule has 1 heterocycles. The minimum atomic E-state index is -0.179. The van der Waals surface area contributed by atoms with E-state index in [9.17, 15) is 4.79 Å². The predicted molar refractivity (Wildman–Crippen MR) is 64.0 cm³/mol. The smallest absolute Gasteiger partial charge is 0.219 e. The fraction of sp³-hybridized carbons (Fsp3) is 0.917. The van der Waals surface area contributed by atoms with Crippen LogP contribution in [-0.2, 0) is 4.79 Å². The zero-order valence-electron chi connectivity index (χ0n) is 10.2. The summed E-state index contributed by atoms with van der Waals surface area (Å²) in [6.45, 7) is 5.25.